The zero-order chi connectivity index (χ0) is 11.2. The van der Waals surface area contributed by atoms with E-state index >= 15 is 0 Å². The van der Waals surface area contributed by atoms with Gasteiger partial charge in [0.1, 0.15) is 0 Å². The topological polar surface area (TPSA) is 28.7 Å². The molecule has 4 heteroatoms. The molecule has 2 nitrogen and oxygen atoms in total. The molecule has 78 valence electrons. The molecule has 0 fully saturated rings. The summed E-state index contributed by atoms with van der Waals surface area (Å²) in [5.41, 5.74) is 1.98. The number of hydrogen-bond acceptors (Lipinski definition) is 2. The summed E-state index contributed by atoms with van der Waals surface area (Å²) >= 11 is 1.40. The van der Waals surface area contributed by atoms with Gasteiger partial charge in [0.25, 0.3) is 0 Å². The fraction of sp³-hybridized carbons (Fsp3) is 0.167. The molecule has 0 saturated carbocycles. The van der Waals surface area contributed by atoms with E-state index in [-0.39, 0.29) is 0 Å². The van der Waals surface area contributed by atoms with Gasteiger partial charge in [0, 0.05) is 0 Å². The third-order valence-electron chi connectivity index (χ3n) is 1.88. The second-order valence-electron chi connectivity index (χ2n) is 3.00. The van der Waals surface area contributed by atoms with Gasteiger partial charge in [-0.05, 0) is 0 Å². The van der Waals surface area contributed by atoms with Gasteiger partial charge < -0.3 is 0 Å². The first-order chi connectivity index (χ1) is 7.90. The molecule has 0 bridgehead atoms. The third-order valence-corrected chi connectivity index (χ3v) is 3.28. The summed E-state index contributed by atoms with van der Waals surface area (Å²) in [5.74, 6) is 3.68. The monoisotopic (exact) mass is 245 g/mol. The quantitative estimate of drug-likeness (QED) is 0.568. The van der Waals surface area contributed by atoms with Crippen molar-refractivity contribution in [3.8, 4) is 16.1 Å². The number of aromatic amines is 1. The van der Waals surface area contributed by atoms with Crippen LogP contribution in [-0.2, 0) is 0 Å². The van der Waals surface area contributed by atoms with E-state index in [1.807, 2.05) is 24.3 Å². The summed E-state index contributed by atoms with van der Waals surface area (Å²) in [6.07, 6.45) is 1.08. The Hall–Kier alpha value is -1.19. The van der Waals surface area contributed by atoms with E-state index in [1.54, 1.807) is 0 Å². The molecule has 16 heavy (non-hydrogen) atoms. The van der Waals surface area contributed by atoms with E-state index in [1.165, 1.54) is 19.8 Å². The number of benzene rings is 1. The zero-order valence-electron chi connectivity index (χ0n) is 8.82. The van der Waals surface area contributed by atoms with Crippen molar-refractivity contribution in [2.45, 2.75) is 6.92 Å². The van der Waals surface area contributed by atoms with Gasteiger partial charge in [0.2, 0.25) is 0 Å². The van der Waals surface area contributed by atoms with Crippen molar-refractivity contribution in [2.75, 3.05) is 6.16 Å². The van der Waals surface area contributed by atoms with Crippen LogP contribution in [-0.4, -0.2) is 16.1 Å². The maximum absolute atomic E-state index is 4.36. The van der Waals surface area contributed by atoms with Gasteiger partial charge in [-0.2, -0.15) is 0 Å². The molecular weight excluding hydrogens is 235 g/mol. The van der Waals surface area contributed by atoms with Crippen molar-refractivity contribution in [2.24, 2.45) is 0 Å². The number of thioether (sulfide) groups is 1. The van der Waals surface area contributed by atoms with Crippen LogP contribution in [0.25, 0.3) is 11.0 Å². The number of nitrogens with one attached hydrogen (secondary N) is 1. The minimum atomic E-state index is 0.712. The number of rotatable bonds is 0. The second kappa shape index (κ2) is 5.77. The summed E-state index contributed by atoms with van der Waals surface area (Å²) in [6, 6.07) is 7.91. The van der Waals surface area contributed by atoms with Crippen molar-refractivity contribution in [3.63, 3.8) is 0 Å². The number of para-hydroxylation sites is 2. The summed E-state index contributed by atoms with van der Waals surface area (Å²) in [5, 5.41) is 2.95. The Morgan fingerprint density at radius 2 is 2.31 bits per heavy atom. The molecule has 0 saturated heterocycles. The molecule has 0 spiro atoms. The Bertz CT molecular complexity index is 577. The Kier molecular flexibility index (Phi) is 4.08. The third kappa shape index (κ3) is 2.90. The number of fused-ring (bicyclic) bond motifs is 1. The normalized spacial score (nSPS) is 9.31. The van der Waals surface area contributed by atoms with Gasteiger partial charge >= 0.3 is 100 Å². The van der Waals surface area contributed by atoms with E-state index in [9.17, 15) is 0 Å². The number of hydrogen-bond donors (Lipinski definition) is 1. The van der Waals surface area contributed by atoms with E-state index in [4.69, 9.17) is 0 Å². The van der Waals surface area contributed by atoms with E-state index in [0.29, 0.717) is 5.82 Å². The molecule has 0 radical (unpaired) electrons. The van der Waals surface area contributed by atoms with Crippen molar-refractivity contribution >= 4 is 30.8 Å². The molecule has 1 aromatic heterocycles. The molecule has 0 aliphatic rings. The van der Waals surface area contributed by atoms with Gasteiger partial charge in [-0.3, -0.25) is 0 Å². The Morgan fingerprint density at radius 1 is 1.44 bits per heavy atom. The summed E-state index contributed by atoms with van der Waals surface area (Å²) in [7, 11) is 1.19. The molecular formula is C12H10N2PS+. The molecule has 0 unspecified atom stereocenters. The summed E-state index contributed by atoms with van der Waals surface area (Å²) in [4.78, 5) is 10.6. The Balaban J connectivity index is 2.15. The van der Waals surface area contributed by atoms with Gasteiger partial charge in [0.15, 0.2) is 0 Å². The average Bonchev–Trinajstić information content (AvgIpc) is 2.71. The molecule has 1 heterocycles. The van der Waals surface area contributed by atoms with Gasteiger partial charge in [-0.1, -0.05) is 0 Å². The van der Waals surface area contributed by atoms with Gasteiger partial charge in [-0.15, -0.1) is 0 Å². The van der Waals surface area contributed by atoms with Crippen molar-refractivity contribution < 1.29 is 0 Å². The van der Waals surface area contributed by atoms with Crippen LogP contribution < -0.4 is 0 Å². The second-order valence-corrected chi connectivity index (χ2v) is 5.08. The zero-order valence-corrected chi connectivity index (χ0v) is 10.5. The van der Waals surface area contributed by atoms with E-state index in [2.05, 4.69) is 33.0 Å². The van der Waals surface area contributed by atoms with Crippen LogP contribution in [0.1, 0.15) is 12.7 Å². The molecule has 0 amide bonds. The standard InChI is InChI=1S/C12H10N2PS/c1-2-15-9-16-8-7-12-13-10-5-3-4-6-11(10)14-12/h3-6H,2H2,1H3,(H,13,14)/q+1. The van der Waals surface area contributed by atoms with Crippen molar-refractivity contribution in [1.29, 1.82) is 0 Å². The average molecular weight is 245 g/mol. The predicted molar refractivity (Wildman–Crippen MR) is 71.9 cm³/mol. The summed E-state index contributed by atoms with van der Waals surface area (Å²) in [6.45, 7) is 2.11. The van der Waals surface area contributed by atoms with E-state index in [0.717, 1.165) is 17.2 Å². The van der Waals surface area contributed by atoms with Crippen LogP contribution in [0.4, 0.5) is 0 Å². The summed E-state index contributed by atoms with van der Waals surface area (Å²) < 4.78 is 0. The minimum absolute atomic E-state index is 0.712. The van der Waals surface area contributed by atoms with Crippen LogP contribution in [0.3, 0.4) is 0 Å². The maximum atomic E-state index is 4.36. The fourth-order valence-corrected chi connectivity index (χ4v) is 2.31. The molecule has 1 N–H and O–H groups in total. The molecule has 2 rings (SSSR count). The number of nitrogens with zero attached hydrogens (tertiary/aromatic N) is 1. The first-order valence-corrected chi connectivity index (χ1v) is 6.83. The Labute approximate surface area is 100 Å². The van der Waals surface area contributed by atoms with Crippen molar-refractivity contribution in [3.05, 3.63) is 30.1 Å². The van der Waals surface area contributed by atoms with Crippen LogP contribution in [0.5, 0.6) is 0 Å². The van der Waals surface area contributed by atoms with E-state index < -0.39 is 0 Å². The molecule has 2 aromatic rings. The predicted octanol–water partition coefficient (Wildman–Crippen LogP) is 3.49. The molecule has 0 atom stereocenters. The Morgan fingerprint density at radius 3 is 3.12 bits per heavy atom. The van der Waals surface area contributed by atoms with Crippen LogP contribution in [0.2, 0.25) is 0 Å². The van der Waals surface area contributed by atoms with Crippen LogP contribution >= 0.6 is 19.8 Å². The van der Waals surface area contributed by atoms with Gasteiger partial charge in [0.05, 0.1) is 0 Å². The molecule has 1 aromatic carbocycles. The first-order valence-electron chi connectivity index (χ1n) is 4.93. The van der Waals surface area contributed by atoms with Gasteiger partial charge in [-0.25, -0.2) is 0 Å². The van der Waals surface area contributed by atoms with Crippen LogP contribution in [0.15, 0.2) is 24.3 Å². The number of imidazole rings is 1. The fourth-order valence-electron chi connectivity index (χ4n) is 1.21. The number of H-pyrrole nitrogens is 1. The number of aromatic nitrogens is 2. The van der Waals surface area contributed by atoms with Crippen LogP contribution in [0, 0.1) is 16.1 Å². The van der Waals surface area contributed by atoms with Crippen molar-refractivity contribution in [1.82, 2.24) is 9.97 Å². The first kappa shape index (κ1) is 11.3. The molecule has 0 aliphatic heterocycles. The molecule has 0 aliphatic carbocycles. The SMILES string of the molecule is CC[P+]#CSC#Cc1nc2ccccc2[nH]1.